The summed E-state index contributed by atoms with van der Waals surface area (Å²) in [5, 5.41) is 0. The van der Waals surface area contributed by atoms with Gasteiger partial charge in [-0.3, -0.25) is 0 Å². The maximum Gasteiger partial charge on any atom is 0.243 e. The van der Waals surface area contributed by atoms with E-state index in [2.05, 4.69) is 6.08 Å². The molecule has 152 valence electrons. The Morgan fingerprint density at radius 3 is 2.21 bits per heavy atom. The Hall–Kier alpha value is -2.24. The van der Waals surface area contributed by atoms with E-state index in [1.807, 2.05) is 32.1 Å². The highest BCUT2D eigenvalue weighted by Crippen LogP contribution is 2.48. The minimum absolute atomic E-state index is 0.0836. The zero-order chi connectivity index (χ0) is 20.6. The Morgan fingerprint density at radius 2 is 1.62 bits per heavy atom. The van der Waals surface area contributed by atoms with Gasteiger partial charge in [0, 0.05) is 24.1 Å². The van der Waals surface area contributed by atoms with Crippen LogP contribution in [0.3, 0.4) is 0 Å². The van der Waals surface area contributed by atoms with Gasteiger partial charge < -0.3 is 0 Å². The molecule has 29 heavy (non-hydrogen) atoms. The predicted octanol–water partition coefficient (Wildman–Crippen LogP) is 5.42. The number of allylic oxidation sites excluding steroid dienone is 1. The van der Waals surface area contributed by atoms with E-state index in [0.29, 0.717) is 11.1 Å². The SMILES string of the molecule is Cc1ccc(/C(F)=C2\CN(S(=O)(=O)c3ccc(C)cc3)CC23C=CCCC3)cc1. The lowest BCUT2D eigenvalue weighted by Gasteiger charge is -2.30. The zero-order valence-corrected chi connectivity index (χ0v) is 17.7. The van der Waals surface area contributed by atoms with E-state index in [4.69, 9.17) is 0 Å². The molecular weight excluding hydrogens is 385 g/mol. The highest BCUT2D eigenvalue weighted by Gasteiger charge is 2.47. The molecule has 0 aromatic heterocycles. The minimum Gasteiger partial charge on any atom is -0.207 e. The van der Waals surface area contributed by atoms with Crippen LogP contribution in [0.25, 0.3) is 5.83 Å². The summed E-state index contributed by atoms with van der Waals surface area (Å²) in [7, 11) is -3.69. The van der Waals surface area contributed by atoms with E-state index in [1.165, 1.54) is 4.31 Å². The van der Waals surface area contributed by atoms with Crippen LogP contribution in [0.5, 0.6) is 0 Å². The third-order valence-corrected chi connectivity index (χ3v) is 7.86. The van der Waals surface area contributed by atoms with Gasteiger partial charge in [0.15, 0.2) is 0 Å². The van der Waals surface area contributed by atoms with Gasteiger partial charge in [-0.2, -0.15) is 4.31 Å². The fourth-order valence-electron chi connectivity index (χ4n) is 4.30. The first-order valence-corrected chi connectivity index (χ1v) is 11.5. The number of sulfonamides is 1. The van der Waals surface area contributed by atoms with E-state index < -0.39 is 15.4 Å². The fraction of sp³-hybridized carbons (Fsp3) is 0.333. The lowest BCUT2D eigenvalue weighted by Crippen LogP contribution is -2.32. The first kappa shape index (κ1) is 20.0. The highest BCUT2D eigenvalue weighted by molar-refractivity contribution is 7.89. The number of rotatable bonds is 3. The molecule has 1 heterocycles. The van der Waals surface area contributed by atoms with Gasteiger partial charge in [-0.15, -0.1) is 0 Å². The van der Waals surface area contributed by atoms with Crippen molar-refractivity contribution in [2.24, 2.45) is 5.41 Å². The normalized spacial score (nSPS) is 24.2. The van der Waals surface area contributed by atoms with Gasteiger partial charge in [-0.25, -0.2) is 12.8 Å². The molecule has 1 spiro atoms. The van der Waals surface area contributed by atoms with E-state index in [9.17, 15) is 8.42 Å². The fourth-order valence-corrected chi connectivity index (χ4v) is 5.78. The third kappa shape index (κ3) is 3.69. The molecule has 1 atom stereocenters. The molecule has 1 saturated heterocycles. The maximum atomic E-state index is 15.6. The van der Waals surface area contributed by atoms with Crippen LogP contribution in [0.1, 0.15) is 36.0 Å². The second kappa shape index (κ2) is 7.54. The molecule has 2 aromatic rings. The zero-order valence-electron chi connectivity index (χ0n) is 16.9. The highest BCUT2D eigenvalue weighted by atomic mass is 32.2. The van der Waals surface area contributed by atoms with Gasteiger partial charge in [0.1, 0.15) is 5.83 Å². The van der Waals surface area contributed by atoms with Gasteiger partial charge in [-0.05, 0) is 50.8 Å². The number of halogens is 1. The first-order chi connectivity index (χ1) is 13.8. The smallest absolute Gasteiger partial charge is 0.207 e. The lowest BCUT2D eigenvalue weighted by atomic mass is 9.74. The molecule has 4 rings (SSSR count). The maximum absolute atomic E-state index is 15.6. The number of hydrogen-bond acceptors (Lipinski definition) is 2. The van der Waals surface area contributed by atoms with Crippen molar-refractivity contribution < 1.29 is 12.8 Å². The van der Waals surface area contributed by atoms with Crippen LogP contribution in [0.15, 0.2) is 71.2 Å². The topological polar surface area (TPSA) is 37.4 Å². The number of benzene rings is 2. The van der Waals surface area contributed by atoms with Crippen LogP contribution < -0.4 is 0 Å². The van der Waals surface area contributed by atoms with Crippen molar-refractivity contribution in [3.05, 3.63) is 82.9 Å². The summed E-state index contributed by atoms with van der Waals surface area (Å²) in [6.07, 6.45) is 6.74. The molecule has 1 aliphatic carbocycles. The molecule has 0 saturated carbocycles. The molecule has 0 radical (unpaired) electrons. The number of aryl methyl sites for hydroxylation is 2. The minimum atomic E-state index is -3.69. The van der Waals surface area contributed by atoms with E-state index in [1.54, 1.807) is 36.4 Å². The van der Waals surface area contributed by atoms with Crippen LogP contribution in [0, 0.1) is 19.3 Å². The Bertz CT molecular complexity index is 1070. The summed E-state index contributed by atoms with van der Waals surface area (Å²) in [6, 6.07) is 14.2. The standard InChI is InChI=1S/C24H26FNO2S/c1-18-6-10-20(11-7-18)23(25)22-16-26(17-24(22)14-4-3-5-15-24)29(27,28)21-12-8-19(2)9-13-21/h4,6-14H,3,5,15-17H2,1-2H3/b23-22-. The van der Waals surface area contributed by atoms with Gasteiger partial charge in [0.2, 0.25) is 10.0 Å². The van der Waals surface area contributed by atoms with Crippen molar-refractivity contribution in [1.82, 2.24) is 4.31 Å². The van der Waals surface area contributed by atoms with Gasteiger partial charge >= 0.3 is 0 Å². The lowest BCUT2D eigenvalue weighted by molar-refractivity contribution is 0.370. The Morgan fingerprint density at radius 1 is 1.00 bits per heavy atom. The molecule has 0 N–H and O–H groups in total. The molecule has 1 fully saturated rings. The quantitative estimate of drug-likeness (QED) is 0.633. The molecule has 1 unspecified atom stereocenters. The second-order valence-corrected chi connectivity index (χ2v) is 10.1. The summed E-state index contributed by atoms with van der Waals surface area (Å²) in [5.41, 5.74) is 2.59. The summed E-state index contributed by atoms with van der Waals surface area (Å²) in [5.74, 6) is -0.293. The van der Waals surface area contributed by atoms with E-state index >= 15 is 4.39 Å². The molecule has 2 aliphatic rings. The van der Waals surface area contributed by atoms with Crippen LogP contribution in [-0.2, 0) is 10.0 Å². The monoisotopic (exact) mass is 411 g/mol. The molecule has 5 heteroatoms. The predicted molar refractivity (Wildman–Crippen MR) is 115 cm³/mol. The van der Waals surface area contributed by atoms with Crippen LogP contribution in [0.2, 0.25) is 0 Å². The van der Waals surface area contributed by atoms with Crippen molar-refractivity contribution in [3.63, 3.8) is 0 Å². The average molecular weight is 412 g/mol. The number of nitrogens with zero attached hydrogens (tertiary/aromatic N) is 1. The molecule has 2 aromatic carbocycles. The largest absolute Gasteiger partial charge is 0.243 e. The molecule has 0 amide bonds. The van der Waals surface area contributed by atoms with Crippen LogP contribution >= 0.6 is 0 Å². The van der Waals surface area contributed by atoms with Gasteiger partial charge in [0.25, 0.3) is 0 Å². The van der Waals surface area contributed by atoms with Crippen molar-refractivity contribution in [2.75, 3.05) is 13.1 Å². The molecule has 0 bridgehead atoms. The second-order valence-electron chi connectivity index (χ2n) is 8.20. The van der Waals surface area contributed by atoms with Gasteiger partial charge in [-0.1, -0.05) is 59.7 Å². The molecular formula is C24H26FNO2S. The van der Waals surface area contributed by atoms with Crippen molar-refractivity contribution >= 4 is 15.9 Å². The summed E-state index contributed by atoms with van der Waals surface area (Å²) in [6.45, 7) is 4.26. The van der Waals surface area contributed by atoms with Crippen molar-refractivity contribution in [3.8, 4) is 0 Å². The summed E-state index contributed by atoms with van der Waals surface area (Å²) >= 11 is 0. The van der Waals surface area contributed by atoms with Gasteiger partial charge in [0.05, 0.1) is 4.90 Å². The van der Waals surface area contributed by atoms with E-state index in [0.717, 1.165) is 30.4 Å². The Kier molecular flexibility index (Phi) is 5.21. The number of hydrogen-bond donors (Lipinski definition) is 0. The summed E-state index contributed by atoms with van der Waals surface area (Å²) in [4.78, 5) is 0.259. The van der Waals surface area contributed by atoms with E-state index in [-0.39, 0.29) is 23.8 Å². The first-order valence-electron chi connectivity index (χ1n) is 10.0. The third-order valence-electron chi connectivity index (χ3n) is 6.05. The Balaban J connectivity index is 1.78. The molecule has 1 aliphatic heterocycles. The van der Waals surface area contributed by atoms with Crippen molar-refractivity contribution in [2.45, 2.75) is 38.0 Å². The Labute approximate surface area is 172 Å². The van der Waals surface area contributed by atoms with Crippen LogP contribution in [0.4, 0.5) is 4.39 Å². The average Bonchev–Trinajstić information content (AvgIpc) is 3.08. The molecule has 3 nitrogen and oxygen atoms in total. The van der Waals surface area contributed by atoms with Crippen molar-refractivity contribution in [1.29, 1.82) is 0 Å². The van der Waals surface area contributed by atoms with Crippen LogP contribution in [-0.4, -0.2) is 25.8 Å². The summed E-state index contributed by atoms with van der Waals surface area (Å²) < 4.78 is 43.6.